The zero-order valence-electron chi connectivity index (χ0n) is 18.1. The number of H-pyrrole nitrogens is 1. The Morgan fingerprint density at radius 3 is 2.57 bits per heavy atom. The summed E-state index contributed by atoms with van der Waals surface area (Å²) in [6.45, 7) is 9.18. The monoisotopic (exact) mass is 421 g/mol. The van der Waals surface area contributed by atoms with Gasteiger partial charge in [-0.3, -0.25) is 23.9 Å². The van der Waals surface area contributed by atoms with Crippen LogP contribution in [0.2, 0.25) is 0 Å². The van der Waals surface area contributed by atoms with Gasteiger partial charge in [0.2, 0.25) is 0 Å². The average molecular weight is 421 g/mol. The maximum absolute atomic E-state index is 12.3. The molecule has 0 aliphatic carbocycles. The fourth-order valence-electron chi connectivity index (χ4n) is 3.14. The van der Waals surface area contributed by atoms with Crippen molar-refractivity contribution in [3.63, 3.8) is 0 Å². The zero-order chi connectivity index (χ0) is 22.4. The minimum absolute atomic E-state index is 0.00330. The van der Waals surface area contributed by atoms with Gasteiger partial charge < -0.3 is 14.8 Å². The van der Waals surface area contributed by atoms with Crippen LogP contribution in [-0.2, 0) is 19.1 Å². The first-order valence-electron chi connectivity index (χ1n) is 10.2. The molecule has 2 rings (SSSR count). The maximum Gasteiger partial charge on any atom is 0.330 e. The third kappa shape index (κ3) is 6.50. The first kappa shape index (κ1) is 23.8. The number of nitrogens with one attached hydrogen (secondary N) is 2. The van der Waals surface area contributed by atoms with Gasteiger partial charge in [0.15, 0.2) is 12.0 Å². The van der Waals surface area contributed by atoms with E-state index in [-0.39, 0.29) is 36.8 Å². The van der Waals surface area contributed by atoms with Gasteiger partial charge in [-0.15, -0.1) is 0 Å². The summed E-state index contributed by atoms with van der Waals surface area (Å²) in [6.07, 6.45) is 4.10. The van der Waals surface area contributed by atoms with Crippen LogP contribution in [-0.4, -0.2) is 46.1 Å². The van der Waals surface area contributed by atoms with E-state index >= 15 is 0 Å². The Labute approximate surface area is 175 Å². The lowest BCUT2D eigenvalue weighted by Crippen LogP contribution is -2.43. The van der Waals surface area contributed by atoms with E-state index in [1.807, 2.05) is 27.7 Å². The molecule has 9 heteroatoms. The van der Waals surface area contributed by atoms with Gasteiger partial charge in [-0.2, -0.15) is 0 Å². The van der Waals surface area contributed by atoms with Gasteiger partial charge in [-0.1, -0.05) is 33.8 Å². The van der Waals surface area contributed by atoms with Crippen LogP contribution in [0.5, 0.6) is 0 Å². The van der Waals surface area contributed by atoms with Gasteiger partial charge in [0.05, 0.1) is 6.04 Å². The summed E-state index contributed by atoms with van der Waals surface area (Å²) in [5, 5.41) is 3.20. The van der Waals surface area contributed by atoms with E-state index in [1.54, 1.807) is 19.1 Å². The Balaban J connectivity index is 1.84. The van der Waals surface area contributed by atoms with Crippen molar-refractivity contribution < 1.29 is 19.1 Å². The third-order valence-corrected chi connectivity index (χ3v) is 4.72. The minimum atomic E-state index is -0.681. The number of Topliss-reactive ketones (excluding diaryl/α,β-unsaturated/α-hetero) is 1. The van der Waals surface area contributed by atoms with E-state index in [1.165, 1.54) is 10.8 Å². The lowest BCUT2D eigenvalue weighted by molar-refractivity contribution is -0.148. The SMILES string of the molecule is Cc1cn([C@H]2C=C[C@@H](COC(=O)CCC(NC(C)C)C(=O)C(C)C)O2)c(=O)[nH]c1=O. The number of carbonyl (C=O) groups is 2. The van der Waals surface area contributed by atoms with Crippen molar-refractivity contribution in [3.8, 4) is 0 Å². The molecule has 2 heterocycles. The van der Waals surface area contributed by atoms with Crippen molar-refractivity contribution in [2.75, 3.05) is 6.61 Å². The molecule has 0 saturated carbocycles. The highest BCUT2D eigenvalue weighted by molar-refractivity contribution is 5.86. The topological polar surface area (TPSA) is 119 Å². The van der Waals surface area contributed by atoms with Gasteiger partial charge in [0, 0.05) is 30.1 Å². The molecule has 0 bridgehead atoms. The number of hydrogen-bond donors (Lipinski definition) is 2. The molecule has 1 aliphatic heterocycles. The number of aryl methyl sites for hydroxylation is 1. The lowest BCUT2D eigenvalue weighted by atomic mass is 9.97. The average Bonchev–Trinajstić information content (AvgIpc) is 3.14. The van der Waals surface area contributed by atoms with Crippen molar-refractivity contribution in [1.29, 1.82) is 0 Å². The van der Waals surface area contributed by atoms with Crippen LogP contribution in [0.3, 0.4) is 0 Å². The fraction of sp³-hybridized carbons (Fsp3) is 0.619. The number of rotatable bonds is 10. The summed E-state index contributed by atoms with van der Waals surface area (Å²) in [5.74, 6) is -0.464. The van der Waals surface area contributed by atoms with E-state index in [2.05, 4.69) is 10.3 Å². The quantitative estimate of drug-likeness (QED) is 0.430. The van der Waals surface area contributed by atoms with E-state index in [4.69, 9.17) is 9.47 Å². The molecule has 0 amide bonds. The van der Waals surface area contributed by atoms with Gasteiger partial charge >= 0.3 is 11.7 Å². The highest BCUT2D eigenvalue weighted by atomic mass is 16.6. The van der Waals surface area contributed by atoms with Crippen LogP contribution in [0.1, 0.15) is 52.3 Å². The predicted molar refractivity (Wildman–Crippen MR) is 111 cm³/mol. The molecule has 2 N–H and O–H groups in total. The summed E-state index contributed by atoms with van der Waals surface area (Å²) < 4.78 is 12.3. The van der Waals surface area contributed by atoms with Gasteiger partial charge in [0.25, 0.3) is 5.56 Å². The van der Waals surface area contributed by atoms with Crippen LogP contribution in [0.15, 0.2) is 27.9 Å². The Morgan fingerprint density at radius 2 is 1.93 bits per heavy atom. The highest BCUT2D eigenvalue weighted by Crippen LogP contribution is 2.20. The fourth-order valence-corrected chi connectivity index (χ4v) is 3.14. The molecule has 0 aromatic carbocycles. The summed E-state index contributed by atoms with van der Waals surface area (Å²) in [7, 11) is 0. The van der Waals surface area contributed by atoms with Gasteiger partial charge in [-0.25, -0.2) is 4.79 Å². The smallest absolute Gasteiger partial charge is 0.330 e. The van der Waals surface area contributed by atoms with Crippen molar-refractivity contribution in [2.24, 2.45) is 5.92 Å². The Bertz CT molecular complexity index is 899. The molecular weight excluding hydrogens is 390 g/mol. The largest absolute Gasteiger partial charge is 0.463 e. The summed E-state index contributed by atoms with van der Waals surface area (Å²) in [4.78, 5) is 50.1. The highest BCUT2D eigenvalue weighted by Gasteiger charge is 2.25. The standard InChI is InChI=1S/C21H31N3O6/c1-12(2)19(26)16(22-13(3)4)7-9-18(25)29-11-15-6-8-17(30-15)24-10-14(5)20(27)23-21(24)28/h6,8,10,12-13,15-17,22H,7,9,11H2,1-5H3,(H,23,27,28)/t15-,16?,17+/m0/s1. The van der Waals surface area contributed by atoms with E-state index in [0.29, 0.717) is 12.0 Å². The lowest BCUT2D eigenvalue weighted by Gasteiger charge is -2.21. The molecule has 9 nitrogen and oxygen atoms in total. The molecule has 1 aliphatic rings. The van der Waals surface area contributed by atoms with E-state index < -0.39 is 29.6 Å². The minimum Gasteiger partial charge on any atom is -0.463 e. The molecule has 3 atom stereocenters. The van der Waals surface area contributed by atoms with Crippen LogP contribution >= 0.6 is 0 Å². The normalized spacial score (nSPS) is 19.4. The summed E-state index contributed by atoms with van der Waals surface area (Å²) >= 11 is 0. The molecule has 0 fully saturated rings. The second-order valence-corrected chi connectivity index (χ2v) is 8.08. The number of aromatic amines is 1. The second-order valence-electron chi connectivity index (χ2n) is 8.08. The molecule has 1 unspecified atom stereocenters. The molecule has 1 aromatic heterocycles. The first-order chi connectivity index (χ1) is 14.1. The molecular formula is C21H31N3O6. The molecule has 166 valence electrons. The number of nitrogens with zero attached hydrogens (tertiary/aromatic N) is 1. The number of hydrogen-bond acceptors (Lipinski definition) is 7. The van der Waals surface area contributed by atoms with Crippen molar-refractivity contribution in [3.05, 3.63) is 44.8 Å². The van der Waals surface area contributed by atoms with Crippen LogP contribution in [0, 0.1) is 12.8 Å². The Hall–Kier alpha value is -2.52. The number of ether oxygens (including phenoxy) is 2. The van der Waals surface area contributed by atoms with E-state index in [0.717, 1.165) is 0 Å². The van der Waals surface area contributed by atoms with Gasteiger partial charge in [0.1, 0.15) is 12.7 Å². The molecule has 0 spiro atoms. The van der Waals surface area contributed by atoms with Crippen molar-refractivity contribution in [2.45, 2.75) is 71.9 Å². The molecule has 0 radical (unpaired) electrons. The molecule has 0 saturated heterocycles. The Kier molecular flexibility index (Phi) is 8.31. The summed E-state index contributed by atoms with van der Waals surface area (Å²) in [6, 6.07) is -0.262. The zero-order valence-corrected chi connectivity index (χ0v) is 18.1. The third-order valence-electron chi connectivity index (χ3n) is 4.72. The number of esters is 1. The first-order valence-corrected chi connectivity index (χ1v) is 10.2. The van der Waals surface area contributed by atoms with Gasteiger partial charge in [-0.05, 0) is 19.4 Å². The summed E-state index contributed by atoms with van der Waals surface area (Å²) in [5.41, 5.74) is -0.622. The Morgan fingerprint density at radius 1 is 1.23 bits per heavy atom. The second kappa shape index (κ2) is 10.5. The van der Waals surface area contributed by atoms with Crippen LogP contribution in [0.25, 0.3) is 0 Å². The number of carbonyl (C=O) groups excluding carboxylic acids is 2. The number of aromatic nitrogens is 2. The van der Waals surface area contributed by atoms with E-state index in [9.17, 15) is 19.2 Å². The molecule has 1 aromatic rings. The van der Waals surface area contributed by atoms with Crippen molar-refractivity contribution >= 4 is 11.8 Å². The van der Waals surface area contributed by atoms with Crippen molar-refractivity contribution in [1.82, 2.24) is 14.9 Å². The molecule has 30 heavy (non-hydrogen) atoms. The number of ketones is 1. The maximum atomic E-state index is 12.3. The predicted octanol–water partition coefficient (Wildman–Crippen LogP) is 1.21. The van der Waals surface area contributed by atoms with Crippen LogP contribution in [0.4, 0.5) is 0 Å². The van der Waals surface area contributed by atoms with Crippen LogP contribution < -0.4 is 16.6 Å².